The van der Waals surface area contributed by atoms with Gasteiger partial charge in [-0.05, 0) is 30.7 Å². The van der Waals surface area contributed by atoms with Crippen LogP contribution in [0.3, 0.4) is 0 Å². The molecule has 3 rings (SSSR count). The lowest BCUT2D eigenvalue weighted by molar-refractivity contribution is 0.0950. The van der Waals surface area contributed by atoms with Crippen molar-refractivity contribution in [3.8, 4) is 0 Å². The second kappa shape index (κ2) is 6.18. The van der Waals surface area contributed by atoms with Crippen molar-refractivity contribution in [2.75, 3.05) is 0 Å². The number of aromatic nitrogens is 3. The molecule has 5 nitrogen and oxygen atoms in total. The predicted molar refractivity (Wildman–Crippen MR) is 90.9 cm³/mol. The fraction of sp³-hybridized carbons (Fsp3) is 0.188. The first-order chi connectivity index (χ1) is 11.0. The maximum absolute atomic E-state index is 12.3. The van der Waals surface area contributed by atoms with Crippen LogP contribution in [-0.2, 0) is 13.6 Å². The zero-order valence-electron chi connectivity index (χ0n) is 12.6. The Morgan fingerprint density at radius 3 is 2.83 bits per heavy atom. The van der Waals surface area contributed by atoms with Gasteiger partial charge in [0.25, 0.3) is 5.91 Å². The number of benzene rings is 1. The Balaban J connectivity index is 1.79. The van der Waals surface area contributed by atoms with Crippen LogP contribution in [0.4, 0.5) is 0 Å². The summed E-state index contributed by atoms with van der Waals surface area (Å²) in [5.41, 5.74) is 2.87. The van der Waals surface area contributed by atoms with E-state index in [1.165, 1.54) is 0 Å². The molecule has 2 heterocycles. The number of aryl methyl sites for hydroxylation is 2. The summed E-state index contributed by atoms with van der Waals surface area (Å²) in [4.78, 5) is 16.6. The summed E-state index contributed by atoms with van der Waals surface area (Å²) < 4.78 is 1.69. The highest BCUT2D eigenvalue weighted by Gasteiger charge is 2.12. The van der Waals surface area contributed by atoms with Crippen LogP contribution in [0.1, 0.15) is 21.6 Å². The molecule has 0 aliphatic carbocycles. The molecule has 7 heteroatoms. The Kier molecular flexibility index (Phi) is 4.24. The van der Waals surface area contributed by atoms with E-state index in [4.69, 9.17) is 23.2 Å². The molecule has 0 aliphatic heterocycles. The molecule has 3 aromatic rings. The predicted octanol–water partition coefficient (Wildman–Crippen LogP) is 3.51. The molecule has 0 spiro atoms. The zero-order valence-corrected chi connectivity index (χ0v) is 14.1. The minimum absolute atomic E-state index is 0.214. The normalized spacial score (nSPS) is 11.0. The zero-order chi connectivity index (χ0) is 16.6. The lowest BCUT2D eigenvalue weighted by Crippen LogP contribution is -2.23. The average molecular weight is 349 g/mol. The van der Waals surface area contributed by atoms with E-state index in [2.05, 4.69) is 15.4 Å². The van der Waals surface area contributed by atoms with E-state index in [0.29, 0.717) is 22.2 Å². The molecular formula is C16H14Cl2N4O. The third-order valence-electron chi connectivity index (χ3n) is 3.58. The molecule has 0 unspecified atom stereocenters. The first-order valence-electron chi connectivity index (χ1n) is 6.97. The SMILES string of the molecule is Cc1nn(C)c2ncc(C(=O)NCc3ccc(Cl)cc3Cl)cc12. The van der Waals surface area contributed by atoms with Gasteiger partial charge in [-0.1, -0.05) is 29.3 Å². The van der Waals surface area contributed by atoms with Gasteiger partial charge in [0.05, 0.1) is 11.3 Å². The monoisotopic (exact) mass is 348 g/mol. The number of amides is 1. The Morgan fingerprint density at radius 1 is 1.30 bits per heavy atom. The van der Waals surface area contributed by atoms with E-state index in [1.807, 2.05) is 14.0 Å². The Morgan fingerprint density at radius 2 is 2.09 bits per heavy atom. The molecule has 0 saturated heterocycles. The van der Waals surface area contributed by atoms with Crippen molar-refractivity contribution in [1.82, 2.24) is 20.1 Å². The average Bonchev–Trinajstić information content (AvgIpc) is 2.80. The second-order valence-electron chi connectivity index (χ2n) is 5.22. The van der Waals surface area contributed by atoms with Crippen molar-refractivity contribution >= 4 is 40.1 Å². The minimum atomic E-state index is -0.214. The van der Waals surface area contributed by atoms with Gasteiger partial charge in [-0.2, -0.15) is 5.10 Å². The number of hydrogen-bond donors (Lipinski definition) is 1. The van der Waals surface area contributed by atoms with Crippen molar-refractivity contribution in [2.45, 2.75) is 13.5 Å². The van der Waals surface area contributed by atoms with Crippen molar-refractivity contribution in [2.24, 2.45) is 7.05 Å². The Labute approximate surface area is 143 Å². The highest BCUT2D eigenvalue weighted by atomic mass is 35.5. The van der Waals surface area contributed by atoms with Crippen molar-refractivity contribution in [1.29, 1.82) is 0 Å². The number of nitrogens with zero attached hydrogens (tertiary/aromatic N) is 3. The van der Waals surface area contributed by atoms with Crippen molar-refractivity contribution in [3.63, 3.8) is 0 Å². The van der Waals surface area contributed by atoms with Gasteiger partial charge >= 0.3 is 0 Å². The molecule has 0 saturated carbocycles. The van der Waals surface area contributed by atoms with E-state index >= 15 is 0 Å². The van der Waals surface area contributed by atoms with Crippen molar-refractivity contribution in [3.05, 3.63) is 57.3 Å². The van der Waals surface area contributed by atoms with Gasteiger partial charge in [0.15, 0.2) is 5.65 Å². The standard InChI is InChI=1S/C16H14Cl2N4O/c1-9-13-5-11(8-19-15(13)22(2)21-9)16(23)20-7-10-3-4-12(17)6-14(10)18/h3-6,8H,7H2,1-2H3,(H,20,23). The van der Waals surface area contributed by atoms with Gasteiger partial charge in [-0.15, -0.1) is 0 Å². The highest BCUT2D eigenvalue weighted by Crippen LogP contribution is 2.21. The summed E-state index contributed by atoms with van der Waals surface area (Å²) in [7, 11) is 1.82. The number of nitrogens with one attached hydrogen (secondary N) is 1. The summed E-state index contributed by atoms with van der Waals surface area (Å²) in [5, 5.41) is 9.08. The van der Waals surface area contributed by atoms with Crippen LogP contribution < -0.4 is 5.32 Å². The lowest BCUT2D eigenvalue weighted by atomic mass is 10.2. The van der Waals surface area contributed by atoms with Crippen LogP contribution >= 0.6 is 23.2 Å². The fourth-order valence-electron chi connectivity index (χ4n) is 2.37. The maximum Gasteiger partial charge on any atom is 0.253 e. The third kappa shape index (κ3) is 3.16. The number of carbonyl (C=O) groups is 1. The van der Waals surface area contributed by atoms with Crippen LogP contribution in [0, 0.1) is 6.92 Å². The lowest BCUT2D eigenvalue weighted by Gasteiger charge is -2.07. The molecule has 0 bridgehead atoms. The van der Waals surface area contributed by atoms with Gasteiger partial charge < -0.3 is 5.32 Å². The molecule has 1 amide bonds. The topological polar surface area (TPSA) is 59.8 Å². The Hall–Kier alpha value is -2.11. The molecule has 2 aromatic heterocycles. The number of rotatable bonds is 3. The second-order valence-corrected chi connectivity index (χ2v) is 6.07. The molecule has 23 heavy (non-hydrogen) atoms. The molecule has 1 aromatic carbocycles. The van der Waals surface area contributed by atoms with Gasteiger partial charge in [0.2, 0.25) is 0 Å². The van der Waals surface area contributed by atoms with Gasteiger partial charge in [0.1, 0.15) is 0 Å². The van der Waals surface area contributed by atoms with E-state index < -0.39 is 0 Å². The number of halogens is 2. The fourth-order valence-corrected chi connectivity index (χ4v) is 2.85. The molecule has 0 atom stereocenters. The summed E-state index contributed by atoms with van der Waals surface area (Å²) in [6, 6.07) is 6.97. The molecule has 118 valence electrons. The summed E-state index contributed by atoms with van der Waals surface area (Å²) in [6.07, 6.45) is 1.54. The van der Waals surface area contributed by atoms with Crippen LogP contribution in [0.25, 0.3) is 11.0 Å². The van der Waals surface area contributed by atoms with Crippen LogP contribution in [0.2, 0.25) is 10.0 Å². The minimum Gasteiger partial charge on any atom is -0.348 e. The first-order valence-corrected chi connectivity index (χ1v) is 7.73. The number of fused-ring (bicyclic) bond motifs is 1. The van der Waals surface area contributed by atoms with Crippen LogP contribution in [-0.4, -0.2) is 20.7 Å². The molecule has 0 fully saturated rings. The van der Waals surface area contributed by atoms with Crippen molar-refractivity contribution < 1.29 is 4.79 Å². The number of pyridine rings is 1. The van der Waals surface area contributed by atoms with Gasteiger partial charge in [0, 0.05) is 35.2 Å². The van der Waals surface area contributed by atoms with Crippen LogP contribution in [0.5, 0.6) is 0 Å². The number of hydrogen-bond acceptors (Lipinski definition) is 3. The van der Waals surface area contributed by atoms with E-state index in [1.54, 1.807) is 35.1 Å². The molecule has 0 radical (unpaired) electrons. The van der Waals surface area contributed by atoms with Gasteiger partial charge in [-0.3, -0.25) is 9.48 Å². The smallest absolute Gasteiger partial charge is 0.253 e. The maximum atomic E-state index is 12.3. The molecular weight excluding hydrogens is 335 g/mol. The van der Waals surface area contributed by atoms with E-state index in [-0.39, 0.29) is 5.91 Å². The quantitative estimate of drug-likeness (QED) is 0.787. The van der Waals surface area contributed by atoms with Gasteiger partial charge in [-0.25, -0.2) is 4.98 Å². The van der Waals surface area contributed by atoms with Crippen LogP contribution in [0.15, 0.2) is 30.5 Å². The third-order valence-corrected chi connectivity index (χ3v) is 4.17. The Bertz CT molecular complexity index is 904. The largest absolute Gasteiger partial charge is 0.348 e. The summed E-state index contributed by atoms with van der Waals surface area (Å²) in [5.74, 6) is -0.214. The molecule has 0 aliphatic rings. The summed E-state index contributed by atoms with van der Waals surface area (Å²) >= 11 is 12.0. The highest BCUT2D eigenvalue weighted by molar-refractivity contribution is 6.35. The molecule has 1 N–H and O–H groups in total. The number of carbonyl (C=O) groups excluding carboxylic acids is 1. The van der Waals surface area contributed by atoms with E-state index in [9.17, 15) is 4.79 Å². The van der Waals surface area contributed by atoms with E-state index in [0.717, 1.165) is 22.3 Å². The first kappa shape index (κ1) is 15.8. The summed E-state index contributed by atoms with van der Waals surface area (Å²) in [6.45, 7) is 2.21.